The summed E-state index contributed by atoms with van der Waals surface area (Å²) in [4.78, 5) is 25.1. The first kappa shape index (κ1) is 19.5. The maximum Gasteiger partial charge on any atom is 0.168 e. The third kappa shape index (κ3) is 4.25. The molecule has 5 nitrogen and oxygen atoms in total. The van der Waals surface area contributed by atoms with Crippen LogP contribution in [0, 0.1) is 0 Å². The number of fused-ring (bicyclic) bond motifs is 1. The Bertz CT molecular complexity index is 1160. The second-order valence-electron chi connectivity index (χ2n) is 7.27. The van der Waals surface area contributed by atoms with Crippen molar-refractivity contribution >= 4 is 34.4 Å². The van der Waals surface area contributed by atoms with Crippen LogP contribution in [-0.2, 0) is 0 Å². The maximum atomic E-state index is 11.3. The Kier molecular flexibility index (Phi) is 5.61. The molecular formula is C25H22N4O. The fourth-order valence-electron chi connectivity index (χ4n) is 3.26. The highest BCUT2D eigenvalue weighted by atomic mass is 16.1. The van der Waals surface area contributed by atoms with E-state index in [4.69, 9.17) is 4.99 Å². The van der Waals surface area contributed by atoms with E-state index in [1.54, 1.807) is 12.3 Å². The summed E-state index contributed by atoms with van der Waals surface area (Å²) in [5, 5.41) is 5.04. The number of pyridine rings is 2. The predicted octanol–water partition coefficient (Wildman–Crippen LogP) is 5.43. The maximum absolute atomic E-state index is 11.3. The molecule has 1 N–H and O–H groups in total. The van der Waals surface area contributed by atoms with Crippen LogP contribution in [0.1, 0.15) is 35.5 Å². The number of nitrogens with one attached hydrogen (secondary N) is 1. The number of hydrogen-bond acceptors (Lipinski definition) is 5. The lowest BCUT2D eigenvalue weighted by atomic mass is 10.0. The van der Waals surface area contributed by atoms with Crippen LogP contribution in [0.4, 0.5) is 11.6 Å². The fourth-order valence-corrected chi connectivity index (χ4v) is 3.26. The number of aromatic nitrogens is 2. The van der Waals surface area contributed by atoms with Crippen LogP contribution in [0.3, 0.4) is 0 Å². The van der Waals surface area contributed by atoms with Gasteiger partial charge in [0.25, 0.3) is 0 Å². The summed E-state index contributed by atoms with van der Waals surface area (Å²) in [7, 11) is 0. The molecule has 0 aliphatic rings. The molecule has 0 aliphatic heterocycles. The van der Waals surface area contributed by atoms with E-state index in [0.29, 0.717) is 17.3 Å². The molecule has 30 heavy (non-hydrogen) atoms. The van der Waals surface area contributed by atoms with Gasteiger partial charge in [-0.1, -0.05) is 60.7 Å². The Morgan fingerprint density at radius 3 is 2.17 bits per heavy atom. The summed E-state index contributed by atoms with van der Waals surface area (Å²) in [5.74, 6) is 1.24. The number of rotatable bonds is 6. The number of anilines is 1. The van der Waals surface area contributed by atoms with Gasteiger partial charge < -0.3 is 5.32 Å². The minimum atomic E-state index is 0.173. The number of carbonyl (C=O) groups excluding carboxylic acids is 1. The number of nitrogens with zero attached hydrogens (tertiary/aromatic N) is 3. The van der Waals surface area contributed by atoms with E-state index >= 15 is 0 Å². The monoisotopic (exact) mass is 394 g/mol. The average Bonchev–Trinajstić information content (AvgIpc) is 2.78. The first-order valence-corrected chi connectivity index (χ1v) is 9.86. The fraction of sp³-hybridized carbons (Fsp3) is 0.120. The first-order valence-electron chi connectivity index (χ1n) is 9.86. The van der Waals surface area contributed by atoms with Crippen molar-refractivity contribution in [2.45, 2.75) is 19.9 Å². The number of carbonyl (C=O) groups is 1. The van der Waals surface area contributed by atoms with E-state index in [9.17, 15) is 4.79 Å². The Labute approximate surface area is 175 Å². The van der Waals surface area contributed by atoms with Crippen LogP contribution in [0.25, 0.3) is 10.8 Å². The van der Waals surface area contributed by atoms with Gasteiger partial charge in [-0.3, -0.25) is 4.79 Å². The molecule has 4 rings (SSSR count). The van der Waals surface area contributed by atoms with E-state index in [1.165, 1.54) is 0 Å². The van der Waals surface area contributed by atoms with E-state index in [0.717, 1.165) is 33.9 Å². The third-order valence-corrected chi connectivity index (χ3v) is 4.59. The zero-order valence-electron chi connectivity index (χ0n) is 16.9. The van der Waals surface area contributed by atoms with E-state index in [2.05, 4.69) is 15.3 Å². The second-order valence-corrected chi connectivity index (χ2v) is 7.27. The number of benzene rings is 2. The molecule has 0 fully saturated rings. The van der Waals surface area contributed by atoms with Crippen LogP contribution in [-0.4, -0.2) is 28.0 Å². The molecule has 148 valence electrons. The first-order chi connectivity index (χ1) is 14.6. The lowest BCUT2D eigenvalue weighted by molar-refractivity contribution is 0.111. The molecule has 0 saturated heterocycles. The zero-order valence-corrected chi connectivity index (χ0v) is 16.9. The van der Waals surface area contributed by atoms with Crippen molar-refractivity contribution in [3.63, 3.8) is 0 Å². The molecule has 0 atom stereocenters. The highest BCUT2D eigenvalue weighted by molar-refractivity contribution is 6.14. The van der Waals surface area contributed by atoms with Crippen molar-refractivity contribution in [1.29, 1.82) is 0 Å². The van der Waals surface area contributed by atoms with Gasteiger partial charge in [0.15, 0.2) is 12.1 Å². The minimum Gasteiger partial charge on any atom is -0.367 e. The molecule has 2 aromatic heterocycles. The quantitative estimate of drug-likeness (QED) is 0.350. The molecular weight excluding hydrogens is 372 g/mol. The Morgan fingerprint density at radius 2 is 1.60 bits per heavy atom. The van der Waals surface area contributed by atoms with Gasteiger partial charge in [0.2, 0.25) is 0 Å². The van der Waals surface area contributed by atoms with Crippen LogP contribution in [0.2, 0.25) is 0 Å². The second kappa shape index (κ2) is 8.66. The van der Waals surface area contributed by atoms with Crippen LogP contribution in [0.15, 0.2) is 84.0 Å². The lowest BCUT2D eigenvalue weighted by Gasteiger charge is -2.13. The molecule has 0 unspecified atom stereocenters. The smallest absolute Gasteiger partial charge is 0.168 e. The van der Waals surface area contributed by atoms with Gasteiger partial charge >= 0.3 is 0 Å². The van der Waals surface area contributed by atoms with Crippen molar-refractivity contribution in [3.05, 3.63) is 95.8 Å². The van der Waals surface area contributed by atoms with Crippen molar-refractivity contribution < 1.29 is 4.79 Å². The van der Waals surface area contributed by atoms with Crippen molar-refractivity contribution in [1.82, 2.24) is 9.97 Å². The normalized spacial score (nSPS) is 10.8. The summed E-state index contributed by atoms with van der Waals surface area (Å²) in [6.45, 7) is 4.06. The molecule has 4 aromatic rings. The summed E-state index contributed by atoms with van der Waals surface area (Å²) in [5.41, 5.74) is 3.25. The zero-order chi connectivity index (χ0) is 20.9. The van der Waals surface area contributed by atoms with Gasteiger partial charge in [0.05, 0.1) is 5.71 Å². The Hall–Kier alpha value is -3.86. The molecule has 0 saturated carbocycles. The van der Waals surface area contributed by atoms with Gasteiger partial charge in [-0.15, -0.1) is 0 Å². The summed E-state index contributed by atoms with van der Waals surface area (Å²) in [6, 6.07) is 23.9. The average molecular weight is 394 g/mol. The van der Waals surface area contributed by atoms with E-state index in [1.807, 2.05) is 80.6 Å². The van der Waals surface area contributed by atoms with Crippen molar-refractivity contribution in [2.75, 3.05) is 5.32 Å². The molecule has 0 radical (unpaired) electrons. The SMILES string of the molecule is CC(C)Nc1nc(C=O)cc2cnc(N=C(c3ccccc3)c3ccccc3)cc12. The standard InChI is InChI=1S/C25H22N4O/c1-17(2)27-25-22-14-23(26-15-20(22)13-21(16-30)28-25)29-24(18-9-5-3-6-10-18)19-11-7-4-8-12-19/h3-17H,1-2H3,(H,27,28). The lowest BCUT2D eigenvalue weighted by Crippen LogP contribution is -2.12. The molecule has 2 aromatic carbocycles. The summed E-state index contributed by atoms with van der Waals surface area (Å²) >= 11 is 0. The molecule has 0 bridgehead atoms. The topological polar surface area (TPSA) is 67.2 Å². The van der Waals surface area contributed by atoms with Gasteiger partial charge in [-0.2, -0.15) is 0 Å². The number of aliphatic imine (C=N–C) groups is 1. The van der Waals surface area contributed by atoms with Crippen molar-refractivity contribution in [3.8, 4) is 0 Å². The predicted molar refractivity (Wildman–Crippen MR) is 122 cm³/mol. The van der Waals surface area contributed by atoms with Crippen molar-refractivity contribution in [2.24, 2.45) is 4.99 Å². The van der Waals surface area contributed by atoms with E-state index in [-0.39, 0.29) is 6.04 Å². The number of hydrogen-bond donors (Lipinski definition) is 1. The summed E-state index contributed by atoms with van der Waals surface area (Å²) in [6.07, 6.45) is 2.49. The minimum absolute atomic E-state index is 0.173. The molecule has 0 aliphatic carbocycles. The van der Waals surface area contributed by atoms with Crippen LogP contribution in [0.5, 0.6) is 0 Å². The Morgan fingerprint density at radius 1 is 0.967 bits per heavy atom. The van der Waals surface area contributed by atoms with Gasteiger partial charge in [0.1, 0.15) is 11.5 Å². The molecule has 0 spiro atoms. The summed E-state index contributed by atoms with van der Waals surface area (Å²) < 4.78 is 0. The molecule has 0 amide bonds. The number of aldehydes is 1. The van der Waals surface area contributed by atoms with Crippen LogP contribution < -0.4 is 5.32 Å². The van der Waals surface area contributed by atoms with Crippen LogP contribution >= 0.6 is 0 Å². The highest BCUT2D eigenvalue weighted by Gasteiger charge is 2.11. The largest absolute Gasteiger partial charge is 0.367 e. The van der Waals surface area contributed by atoms with Gasteiger partial charge in [-0.25, -0.2) is 15.0 Å². The molecule has 5 heteroatoms. The highest BCUT2D eigenvalue weighted by Crippen LogP contribution is 2.27. The van der Waals surface area contributed by atoms with E-state index < -0.39 is 0 Å². The van der Waals surface area contributed by atoms with Gasteiger partial charge in [0, 0.05) is 34.1 Å². The third-order valence-electron chi connectivity index (χ3n) is 4.59. The van der Waals surface area contributed by atoms with Gasteiger partial charge in [-0.05, 0) is 26.0 Å². The molecule has 2 heterocycles. The Balaban J connectivity index is 1.88.